The van der Waals surface area contributed by atoms with Crippen LogP contribution < -0.4 is 0 Å². The van der Waals surface area contributed by atoms with Crippen molar-refractivity contribution in [3.63, 3.8) is 0 Å². The minimum absolute atomic E-state index is 0.427. The fourth-order valence-electron chi connectivity index (χ4n) is 0.847. The van der Waals surface area contributed by atoms with E-state index in [9.17, 15) is 0 Å². The second-order valence-electron chi connectivity index (χ2n) is 2.29. The van der Waals surface area contributed by atoms with E-state index in [0.29, 0.717) is 0 Å². The summed E-state index contributed by atoms with van der Waals surface area (Å²) in [4.78, 5) is 0. The molecule has 0 amide bonds. The molecule has 1 aromatic rings. The zero-order valence-electron chi connectivity index (χ0n) is 6.33. The van der Waals surface area contributed by atoms with Crippen molar-refractivity contribution in [2.75, 3.05) is 0 Å². The molecule has 0 fully saturated rings. The Morgan fingerprint density at radius 1 is 1.27 bits per heavy atom. The third kappa shape index (κ3) is 4.26. The van der Waals surface area contributed by atoms with E-state index in [-0.39, 0.29) is 0 Å². The van der Waals surface area contributed by atoms with Gasteiger partial charge >= 0.3 is 89.9 Å². The van der Waals surface area contributed by atoms with E-state index in [1.54, 1.807) is 0 Å². The summed E-state index contributed by atoms with van der Waals surface area (Å²) in [5, 5.41) is 0. The number of halogens is 1. The molecule has 11 heavy (non-hydrogen) atoms. The number of hydrogen-bond acceptors (Lipinski definition) is 0. The summed E-state index contributed by atoms with van der Waals surface area (Å²) in [6.45, 7) is 0. The SMILES string of the molecule is [I][Hg][CH2]/C=C/c1ccccc1. The normalized spacial score (nSPS) is 9.91. The molecule has 0 nitrogen and oxygen atoms in total. The van der Waals surface area contributed by atoms with E-state index >= 15 is 0 Å². The van der Waals surface area contributed by atoms with Gasteiger partial charge in [0, 0.05) is 0 Å². The van der Waals surface area contributed by atoms with Crippen LogP contribution >= 0.6 is 17.7 Å². The predicted molar refractivity (Wildman–Crippen MR) is 54.3 cm³/mol. The Kier molecular flexibility index (Phi) is 5.45. The molecule has 0 aliphatic heterocycles. The van der Waals surface area contributed by atoms with E-state index < -0.39 is 20.2 Å². The molecule has 0 N–H and O–H groups in total. The Morgan fingerprint density at radius 2 is 2.00 bits per heavy atom. The maximum atomic E-state index is 2.60. The van der Waals surface area contributed by atoms with Gasteiger partial charge in [-0.3, -0.25) is 0 Å². The van der Waals surface area contributed by atoms with Gasteiger partial charge in [0.15, 0.2) is 0 Å². The molecule has 0 aromatic heterocycles. The monoisotopic (exact) mass is 446 g/mol. The maximum absolute atomic E-state index is 2.60. The van der Waals surface area contributed by atoms with Crippen LogP contribution in [0.5, 0.6) is 0 Å². The van der Waals surface area contributed by atoms with Gasteiger partial charge in [-0.15, -0.1) is 0 Å². The molecule has 0 heterocycles. The third-order valence-corrected chi connectivity index (χ3v) is 8.99. The molecule has 0 aliphatic rings. The van der Waals surface area contributed by atoms with Crippen molar-refractivity contribution in [1.29, 1.82) is 0 Å². The molecule has 0 saturated carbocycles. The first-order valence-electron chi connectivity index (χ1n) is 3.71. The quantitative estimate of drug-likeness (QED) is 0.494. The van der Waals surface area contributed by atoms with Gasteiger partial charge in [-0.2, -0.15) is 0 Å². The van der Waals surface area contributed by atoms with Crippen molar-refractivity contribution in [2.24, 2.45) is 0 Å². The van der Waals surface area contributed by atoms with E-state index in [1.165, 1.54) is 9.49 Å². The number of rotatable bonds is 3. The van der Waals surface area contributed by atoms with Gasteiger partial charge in [0.2, 0.25) is 0 Å². The molecule has 0 radical (unpaired) electrons. The first-order valence-corrected chi connectivity index (χ1v) is 23.1. The number of allylic oxidation sites excluding steroid dienone is 1. The summed E-state index contributed by atoms with van der Waals surface area (Å²) in [5.74, 6) is 0. The molecule has 0 bridgehead atoms. The van der Waals surface area contributed by atoms with Crippen LogP contribution in [0.1, 0.15) is 5.56 Å². The van der Waals surface area contributed by atoms with Crippen LogP contribution in [-0.2, 0) is 20.2 Å². The predicted octanol–water partition coefficient (Wildman–Crippen LogP) is 3.55. The molecular weight excluding hydrogens is 436 g/mol. The topological polar surface area (TPSA) is 0 Å². The molecule has 1 aromatic carbocycles. The van der Waals surface area contributed by atoms with Crippen molar-refractivity contribution < 1.29 is 20.2 Å². The fourth-order valence-corrected chi connectivity index (χ4v) is 5.14. The van der Waals surface area contributed by atoms with Crippen LogP contribution in [0, 0.1) is 0 Å². The van der Waals surface area contributed by atoms with Crippen molar-refractivity contribution in [3.8, 4) is 0 Å². The summed E-state index contributed by atoms with van der Waals surface area (Å²) >= 11 is 2.17. The van der Waals surface area contributed by atoms with E-state index in [4.69, 9.17) is 0 Å². The van der Waals surface area contributed by atoms with E-state index in [2.05, 4.69) is 60.1 Å². The molecule has 2 heteroatoms. The average molecular weight is 445 g/mol. The van der Waals surface area contributed by atoms with Gasteiger partial charge in [0.1, 0.15) is 0 Å². The molecule has 0 saturated heterocycles. The van der Waals surface area contributed by atoms with Gasteiger partial charge in [-0.1, -0.05) is 0 Å². The van der Waals surface area contributed by atoms with Crippen molar-refractivity contribution in [2.45, 2.75) is 3.93 Å². The summed E-state index contributed by atoms with van der Waals surface area (Å²) in [6.07, 6.45) is 4.53. The van der Waals surface area contributed by atoms with Gasteiger partial charge < -0.3 is 0 Å². The van der Waals surface area contributed by atoms with Crippen LogP contribution in [0.15, 0.2) is 36.4 Å². The Bertz CT molecular complexity index is 218. The van der Waals surface area contributed by atoms with Crippen LogP contribution in [0.25, 0.3) is 6.08 Å². The molecule has 54 valence electrons. The number of benzene rings is 1. The van der Waals surface area contributed by atoms with Crippen LogP contribution in [-0.4, -0.2) is 0 Å². The molecular formula is C9H9HgI. The van der Waals surface area contributed by atoms with Crippen molar-refractivity contribution in [1.82, 2.24) is 0 Å². The van der Waals surface area contributed by atoms with Crippen LogP contribution in [0.4, 0.5) is 0 Å². The summed E-state index contributed by atoms with van der Waals surface area (Å²) in [7, 11) is 0. The minimum atomic E-state index is -0.427. The average Bonchev–Trinajstić information content (AvgIpc) is 2.07. The van der Waals surface area contributed by atoms with Gasteiger partial charge in [0.05, 0.1) is 0 Å². The number of hydrogen-bond donors (Lipinski definition) is 0. The first-order chi connectivity index (χ1) is 5.43. The van der Waals surface area contributed by atoms with Crippen molar-refractivity contribution >= 4 is 23.7 Å². The first kappa shape index (κ1) is 9.71. The zero-order valence-corrected chi connectivity index (χ0v) is 14.0. The van der Waals surface area contributed by atoms with Crippen LogP contribution in [0.2, 0.25) is 3.93 Å². The third-order valence-electron chi connectivity index (χ3n) is 1.39. The second-order valence-corrected chi connectivity index (χ2v) is 15.5. The van der Waals surface area contributed by atoms with E-state index in [0.717, 1.165) is 0 Å². The van der Waals surface area contributed by atoms with Gasteiger partial charge in [-0.05, 0) is 0 Å². The van der Waals surface area contributed by atoms with Gasteiger partial charge in [0.25, 0.3) is 0 Å². The van der Waals surface area contributed by atoms with Crippen LogP contribution in [0.3, 0.4) is 0 Å². The van der Waals surface area contributed by atoms with Crippen molar-refractivity contribution in [3.05, 3.63) is 42.0 Å². The summed E-state index contributed by atoms with van der Waals surface area (Å²) in [6, 6.07) is 10.5. The molecule has 1 rings (SSSR count). The summed E-state index contributed by atoms with van der Waals surface area (Å²) in [5.41, 5.74) is 1.32. The second kappa shape index (κ2) is 6.18. The fraction of sp³-hybridized carbons (Fsp3) is 0.111. The molecule has 0 atom stereocenters. The van der Waals surface area contributed by atoms with Gasteiger partial charge in [-0.25, -0.2) is 0 Å². The molecule has 0 aliphatic carbocycles. The zero-order chi connectivity index (χ0) is 7.94. The standard InChI is InChI=1S/C9H9.Hg.HI/c1-2-6-9-7-4-3-5-8-9;;/h2-8H,1H2;;1H/q;+1;/p-1/b6-2+;;. The van der Waals surface area contributed by atoms with E-state index in [1.807, 2.05) is 0 Å². The Hall–Kier alpha value is 0.625. The molecule has 0 unspecified atom stereocenters. The Morgan fingerprint density at radius 3 is 2.64 bits per heavy atom. The Balaban J connectivity index is 2.50. The Labute approximate surface area is 88.9 Å². The summed E-state index contributed by atoms with van der Waals surface area (Å²) < 4.78 is 1.38. The molecule has 0 spiro atoms.